The number of nitrogens with zero attached hydrogens (tertiary/aromatic N) is 1. The zero-order valence-electron chi connectivity index (χ0n) is 7.40. The number of rotatable bonds is 0. The van der Waals surface area contributed by atoms with Crippen molar-refractivity contribution in [1.29, 1.82) is 0 Å². The van der Waals surface area contributed by atoms with Gasteiger partial charge in [-0.1, -0.05) is 17.6 Å². The topological polar surface area (TPSA) is 26.0 Å². The Kier molecular flexibility index (Phi) is 1.42. The van der Waals surface area contributed by atoms with Gasteiger partial charge in [0.1, 0.15) is 13.4 Å². The van der Waals surface area contributed by atoms with Crippen LogP contribution in [0.1, 0.15) is 0 Å². The van der Waals surface area contributed by atoms with Crippen LogP contribution in [-0.4, -0.2) is 12.8 Å². The summed E-state index contributed by atoms with van der Waals surface area (Å²) in [4.78, 5) is 4.01. The largest absolute Gasteiger partial charge is 0.454 e. The average Bonchev–Trinajstić information content (AvgIpc) is 2.56. The molecule has 0 aliphatic rings. The first-order chi connectivity index (χ1) is 6.84. The Bertz CT molecular complexity index is 615. The molecule has 3 rings (SSSR count). The molecule has 0 aliphatic heterocycles. The molecule has 0 unspecified atom stereocenters. The zero-order chi connectivity index (χ0) is 9.54. The number of furan rings is 1. The highest BCUT2D eigenvalue weighted by atomic mass is 16.3. The molecule has 0 N–H and O–H groups in total. The second-order valence-electron chi connectivity index (χ2n) is 3.23. The number of aromatic nitrogens is 1. The van der Waals surface area contributed by atoms with E-state index in [9.17, 15) is 0 Å². The van der Waals surface area contributed by atoms with Gasteiger partial charge in [0.15, 0.2) is 5.58 Å². The molecule has 14 heavy (non-hydrogen) atoms. The van der Waals surface area contributed by atoms with E-state index in [1.165, 1.54) is 0 Å². The lowest BCUT2D eigenvalue weighted by molar-refractivity contribution is 0.667. The van der Waals surface area contributed by atoms with Crippen LogP contribution >= 0.6 is 0 Å². The van der Waals surface area contributed by atoms with Gasteiger partial charge in [-0.05, 0) is 12.1 Å². The molecule has 0 fully saturated rings. The fourth-order valence-corrected chi connectivity index (χ4v) is 1.65. The molecule has 2 radical (unpaired) electrons. The second-order valence-corrected chi connectivity index (χ2v) is 3.23. The van der Waals surface area contributed by atoms with Crippen LogP contribution in [0.5, 0.6) is 0 Å². The van der Waals surface area contributed by atoms with Crippen molar-refractivity contribution >= 4 is 35.2 Å². The first kappa shape index (κ1) is 7.62. The van der Waals surface area contributed by atoms with E-state index in [1.54, 1.807) is 12.4 Å². The van der Waals surface area contributed by atoms with Gasteiger partial charge in [-0.15, -0.1) is 0 Å². The maximum absolute atomic E-state index is 5.72. The van der Waals surface area contributed by atoms with E-state index in [2.05, 4.69) is 4.98 Å². The van der Waals surface area contributed by atoms with Gasteiger partial charge >= 0.3 is 0 Å². The van der Waals surface area contributed by atoms with E-state index in [1.807, 2.05) is 24.3 Å². The molecule has 0 amide bonds. The third-order valence-electron chi connectivity index (χ3n) is 2.30. The summed E-state index contributed by atoms with van der Waals surface area (Å²) in [6, 6.07) is 7.56. The Morgan fingerprint density at radius 2 is 2.00 bits per heavy atom. The van der Waals surface area contributed by atoms with E-state index in [-0.39, 0.29) is 0 Å². The van der Waals surface area contributed by atoms with Crippen molar-refractivity contribution < 1.29 is 4.42 Å². The molecule has 0 bridgehead atoms. The van der Waals surface area contributed by atoms with Gasteiger partial charge in [-0.2, -0.15) is 0 Å². The Balaban J connectivity index is 2.58. The molecular weight excluding hydrogens is 173 g/mol. The van der Waals surface area contributed by atoms with Crippen LogP contribution in [0, 0.1) is 0 Å². The predicted octanol–water partition coefficient (Wildman–Crippen LogP) is 1.77. The maximum Gasteiger partial charge on any atom is 0.153 e. The third-order valence-corrected chi connectivity index (χ3v) is 2.30. The summed E-state index contributed by atoms with van der Waals surface area (Å²) >= 11 is 0. The van der Waals surface area contributed by atoms with E-state index in [0.717, 1.165) is 27.4 Å². The molecule has 1 aromatic carbocycles. The standard InChI is InChI=1S/C11H6BNO/c12-7-1-2-10-9(5-7)8-3-4-13-6-11(8)14-10/h1-6H. The highest BCUT2D eigenvalue weighted by Gasteiger charge is 2.05. The van der Waals surface area contributed by atoms with Gasteiger partial charge in [0.25, 0.3) is 0 Å². The lowest BCUT2D eigenvalue weighted by Crippen LogP contribution is -1.98. The summed E-state index contributed by atoms with van der Waals surface area (Å²) in [6.45, 7) is 0. The molecule has 0 aliphatic carbocycles. The molecule has 0 spiro atoms. The number of pyridine rings is 1. The Morgan fingerprint density at radius 1 is 1.07 bits per heavy atom. The first-order valence-electron chi connectivity index (χ1n) is 4.36. The monoisotopic (exact) mass is 179 g/mol. The van der Waals surface area contributed by atoms with Crippen LogP contribution in [0.25, 0.3) is 21.9 Å². The van der Waals surface area contributed by atoms with E-state index in [4.69, 9.17) is 12.3 Å². The van der Waals surface area contributed by atoms with E-state index < -0.39 is 0 Å². The quantitative estimate of drug-likeness (QED) is 0.491. The molecule has 0 saturated heterocycles. The number of hydrogen-bond donors (Lipinski definition) is 0. The fourth-order valence-electron chi connectivity index (χ4n) is 1.65. The van der Waals surface area contributed by atoms with Gasteiger partial charge in [-0.3, -0.25) is 4.98 Å². The van der Waals surface area contributed by atoms with E-state index in [0.29, 0.717) is 0 Å². The zero-order valence-corrected chi connectivity index (χ0v) is 7.40. The fraction of sp³-hybridized carbons (Fsp3) is 0. The molecule has 64 valence electrons. The highest BCUT2D eigenvalue weighted by Crippen LogP contribution is 2.26. The van der Waals surface area contributed by atoms with Gasteiger partial charge in [0, 0.05) is 17.0 Å². The van der Waals surface area contributed by atoms with Crippen molar-refractivity contribution in [2.24, 2.45) is 0 Å². The van der Waals surface area contributed by atoms with Crippen molar-refractivity contribution in [3.63, 3.8) is 0 Å². The molecule has 0 atom stereocenters. The summed E-state index contributed by atoms with van der Waals surface area (Å²) in [5.41, 5.74) is 2.40. The summed E-state index contributed by atoms with van der Waals surface area (Å²) < 4.78 is 5.59. The SMILES string of the molecule is [B]c1ccc2oc3cnccc3c2c1. The molecule has 3 aromatic rings. The Labute approximate surface area is 82.0 Å². The third kappa shape index (κ3) is 0.955. The molecular formula is C11H6BNO. The van der Waals surface area contributed by atoms with Crippen LogP contribution in [0.2, 0.25) is 0 Å². The summed E-state index contributed by atoms with van der Waals surface area (Å²) in [7, 11) is 5.72. The van der Waals surface area contributed by atoms with Crippen LogP contribution in [0.15, 0.2) is 41.1 Å². The molecule has 2 heterocycles. The second kappa shape index (κ2) is 2.61. The number of hydrogen-bond acceptors (Lipinski definition) is 2. The van der Waals surface area contributed by atoms with Gasteiger partial charge in [0.05, 0.1) is 6.20 Å². The lowest BCUT2D eigenvalue weighted by atomic mass is 9.95. The van der Waals surface area contributed by atoms with Gasteiger partial charge in [-0.25, -0.2) is 0 Å². The van der Waals surface area contributed by atoms with Crippen molar-refractivity contribution in [2.45, 2.75) is 0 Å². The maximum atomic E-state index is 5.72. The molecule has 2 nitrogen and oxygen atoms in total. The molecule has 0 saturated carbocycles. The molecule has 3 heteroatoms. The Hall–Kier alpha value is -1.77. The predicted molar refractivity (Wildman–Crippen MR) is 56.9 cm³/mol. The van der Waals surface area contributed by atoms with Crippen molar-refractivity contribution in [2.75, 3.05) is 0 Å². The smallest absolute Gasteiger partial charge is 0.153 e. The summed E-state index contributed by atoms with van der Waals surface area (Å²) in [6.07, 6.45) is 3.46. The average molecular weight is 179 g/mol. The van der Waals surface area contributed by atoms with E-state index >= 15 is 0 Å². The van der Waals surface area contributed by atoms with Crippen molar-refractivity contribution in [1.82, 2.24) is 4.98 Å². The van der Waals surface area contributed by atoms with Crippen molar-refractivity contribution in [3.05, 3.63) is 36.7 Å². The summed E-state index contributed by atoms with van der Waals surface area (Å²) in [5, 5.41) is 2.10. The van der Waals surface area contributed by atoms with Gasteiger partial charge < -0.3 is 4.42 Å². The van der Waals surface area contributed by atoms with Gasteiger partial charge in [0.2, 0.25) is 0 Å². The van der Waals surface area contributed by atoms with Crippen molar-refractivity contribution in [3.8, 4) is 0 Å². The lowest BCUT2D eigenvalue weighted by Gasteiger charge is -1.91. The van der Waals surface area contributed by atoms with Crippen LogP contribution in [-0.2, 0) is 0 Å². The normalized spacial score (nSPS) is 11.1. The van der Waals surface area contributed by atoms with Crippen LogP contribution in [0.4, 0.5) is 0 Å². The van der Waals surface area contributed by atoms with Crippen LogP contribution < -0.4 is 5.46 Å². The minimum absolute atomic E-state index is 0.747. The highest BCUT2D eigenvalue weighted by molar-refractivity contribution is 6.33. The number of fused-ring (bicyclic) bond motifs is 3. The summed E-state index contributed by atoms with van der Waals surface area (Å²) in [5.74, 6) is 0. The Morgan fingerprint density at radius 3 is 2.93 bits per heavy atom. The van der Waals surface area contributed by atoms with Crippen LogP contribution in [0.3, 0.4) is 0 Å². The minimum Gasteiger partial charge on any atom is -0.454 e. The first-order valence-corrected chi connectivity index (χ1v) is 4.36. The molecule has 2 aromatic heterocycles. The number of benzene rings is 1. The minimum atomic E-state index is 0.747.